The predicted octanol–water partition coefficient (Wildman–Crippen LogP) is 3.78. The average molecular weight is 142 g/mol. The molecular weight excluding hydrogens is 124 g/mol. The Balaban J connectivity index is -0.000000105. The van der Waals surface area contributed by atoms with Crippen molar-refractivity contribution >= 4 is 0 Å². The van der Waals surface area contributed by atoms with Crippen molar-refractivity contribution in [1.82, 2.24) is 0 Å². The molecule has 0 aliphatic heterocycles. The summed E-state index contributed by atoms with van der Waals surface area (Å²) in [5.74, 6) is 0. The minimum atomic E-state index is 1.35. The van der Waals surface area contributed by atoms with Crippen LogP contribution in [0.1, 0.15) is 27.7 Å². The molecule has 0 bridgehead atoms. The maximum absolute atomic E-state index is 3.36. The number of azo groups is 1. The van der Waals surface area contributed by atoms with Gasteiger partial charge in [-0.25, -0.2) is 0 Å². The molecule has 0 amide bonds. The summed E-state index contributed by atoms with van der Waals surface area (Å²) in [6.45, 7) is 14.6. The molecule has 0 atom stereocenters. The van der Waals surface area contributed by atoms with E-state index in [1.807, 2.05) is 27.7 Å². The van der Waals surface area contributed by atoms with Gasteiger partial charge < -0.3 is 0 Å². The van der Waals surface area contributed by atoms with E-state index in [0.717, 1.165) is 0 Å². The summed E-state index contributed by atoms with van der Waals surface area (Å²) < 4.78 is 0. The largest absolute Gasteiger partial charge is 0.160 e. The second kappa shape index (κ2) is 42.7. The molecule has 0 saturated heterocycles. The van der Waals surface area contributed by atoms with E-state index in [4.69, 9.17) is 0 Å². The van der Waals surface area contributed by atoms with Crippen molar-refractivity contribution in [3.05, 3.63) is 25.6 Å². The van der Waals surface area contributed by atoms with E-state index >= 15 is 0 Å². The molecule has 0 aliphatic rings. The van der Waals surface area contributed by atoms with Gasteiger partial charge in [0.25, 0.3) is 0 Å². The second-order valence-electron chi connectivity index (χ2n) is 0.596. The van der Waals surface area contributed by atoms with Gasteiger partial charge in [0.2, 0.25) is 0 Å². The summed E-state index contributed by atoms with van der Waals surface area (Å²) >= 11 is 0. The summed E-state index contributed by atoms with van der Waals surface area (Å²) in [4.78, 5) is 0. The zero-order chi connectivity index (χ0) is 8.83. The summed E-state index contributed by atoms with van der Waals surface area (Å²) in [6.07, 6.45) is 2.70. The number of hydrogen-bond acceptors (Lipinski definition) is 2. The lowest BCUT2D eigenvalue weighted by atomic mass is 11.0. The molecule has 0 radical (unpaired) electrons. The number of hydrogen-bond donors (Lipinski definition) is 0. The summed E-state index contributed by atoms with van der Waals surface area (Å²) in [5, 5.41) is 6.72. The Morgan fingerprint density at radius 1 is 0.800 bits per heavy atom. The van der Waals surface area contributed by atoms with Gasteiger partial charge in [0.05, 0.1) is 0 Å². The first-order valence-electron chi connectivity index (χ1n) is 3.53. The molecule has 0 aromatic carbocycles. The quantitative estimate of drug-likeness (QED) is 0.524. The normalized spacial score (nSPS) is 6.40. The molecule has 2 nitrogen and oxygen atoms in total. The van der Waals surface area contributed by atoms with Gasteiger partial charge in [0, 0.05) is 12.4 Å². The van der Waals surface area contributed by atoms with E-state index < -0.39 is 0 Å². The first-order valence-corrected chi connectivity index (χ1v) is 3.53. The zero-order valence-corrected chi connectivity index (χ0v) is 7.46. The molecule has 60 valence electrons. The van der Waals surface area contributed by atoms with Crippen molar-refractivity contribution in [3.8, 4) is 0 Å². The third-order valence-electron chi connectivity index (χ3n) is 0.230. The molecule has 0 aromatic heterocycles. The highest BCUT2D eigenvalue weighted by Crippen LogP contribution is 1.71. The van der Waals surface area contributed by atoms with Crippen molar-refractivity contribution < 1.29 is 0 Å². The Labute approximate surface area is 64.4 Å². The Morgan fingerprint density at radius 3 is 1.10 bits per heavy atom. The van der Waals surface area contributed by atoms with Gasteiger partial charge in [-0.15, -0.1) is 0 Å². The van der Waals surface area contributed by atoms with Crippen LogP contribution >= 0.6 is 0 Å². The highest BCUT2D eigenvalue weighted by molar-refractivity contribution is 4.63. The van der Waals surface area contributed by atoms with Gasteiger partial charge in [-0.2, -0.15) is 10.2 Å². The van der Waals surface area contributed by atoms with Crippen LogP contribution in [-0.4, -0.2) is 0 Å². The van der Waals surface area contributed by atoms with Crippen molar-refractivity contribution in [2.24, 2.45) is 10.2 Å². The second-order valence-corrected chi connectivity index (χ2v) is 0.596. The third-order valence-corrected chi connectivity index (χ3v) is 0.230. The van der Waals surface area contributed by atoms with Gasteiger partial charge in [0.15, 0.2) is 0 Å². The van der Waals surface area contributed by atoms with E-state index in [1.165, 1.54) is 12.4 Å². The molecule has 0 unspecified atom stereocenters. The van der Waals surface area contributed by atoms with Crippen molar-refractivity contribution in [1.29, 1.82) is 0 Å². The molecule has 0 N–H and O–H groups in total. The SMILES string of the molecule is C=CN=NC=C.CC.CC. The fraction of sp³-hybridized carbons (Fsp3) is 0.500. The molecule has 0 aliphatic carbocycles. The van der Waals surface area contributed by atoms with Crippen LogP contribution in [0.25, 0.3) is 0 Å². The van der Waals surface area contributed by atoms with Crippen molar-refractivity contribution in [2.45, 2.75) is 27.7 Å². The molecule has 0 rings (SSSR count). The van der Waals surface area contributed by atoms with Crippen LogP contribution in [-0.2, 0) is 0 Å². The van der Waals surface area contributed by atoms with Crippen molar-refractivity contribution in [3.63, 3.8) is 0 Å². The van der Waals surface area contributed by atoms with Crippen LogP contribution in [0.4, 0.5) is 0 Å². The lowest BCUT2D eigenvalue weighted by molar-refractivity contribution is 1.24. The smallest absolute Gasteiger partial charge is 0.0423 e. The maximum Gasteiger partial charge on any atom is 0.0423 e. The van der Waals surface area contributed by atoms with E-state index in [2.05, 4.69) is 23.4 Å². The molecule has 0 saturated carbocycles. The molecule has 0 aromatic rings. The van der Waals surface area contributed by atoms with Crippen molar-refractivity contribution in [2.75, 3.05) is 0 Å². The van der Waals surface area contributed by atoms with Gasteiger partial charge in [-0.3, -0.25) is 0 Å². The van der Waals surface area contributed by atoms with E-state index in [0.29, 0.717) is 0 Å². The lowest BCUT2D eigenvalue weighted by Crippen LogP contribution is -1.36. The molecule has 0 heterocycles. The first-order chi connectivity index (χ1) is 4.91. The molecular formula is C8H18N2. The van der Waals surface area contributed by atoms with Crippen LogP contribution < -0.4 is 0 Å². The minimum Gasteiger partial charge on any atom is -0.160 e. The van der Waals surface area contributed by atoms with Crippen LogP contribution in [0.3, 0.4) is 0 Å². The van der Waals surface area contributed by atoms with Crippen LogP contribution in [0, 0.1) is 0 Å². The van der Waals surface area contributed by atoms with E-state index in [-0.39, 0.29) is 0 Å². The lowest BCUT2D eigenvalue weighted by Gasteiger charge is -1.62. The predicted molar refractivity (Wildman–Crippen MR) is 47.9 cm³/mol. The topological polar surface area (TPSA) is 24.7 Å². The summed E-state index contributed by atoms with van der Waals surface area (Å²) in [7, 11) is 0. The molecule has 0 spiro atoms. The van der Waals surface area contributed by atoms with Gasteiger partial charge in [-0.1, -0.05) is 40.9 Å². The maximum atomic E-state index is 3.36. The Hall–Kier alpha value is -0.920. The highest BCUT2D eigenvalue weighted by Gasteiger charge is 1.46. The van der Waals surface area contributed by atoms with E-state index in [9.17, 15) is 0 Å². The number of rotatable bonds is 2. The van der Waals surface area contributed by atoms with Crippen LogP contribution in [0.15, 0.2) is 35.8 Å². The van der Waals surface area contributed by atoms with Gasteiger partial charge in [-0.05, 0) is 0 Å². The molecule has 0 fully saturated rings. The molecule has 2 heteroatoms. The monoisotopic (exact) mass is 142 g/mol. The highest BCUT2D eigenvalue weighted by atomic mass is 15.1. The summed E-state index contributed by atoms with van der Waals surface area (Å²) in [6, 6.07) is 0. The molecule has 10 heavy (non-hydrogen) atoms. The average Bonchev–Trinajstić information content (AvgIpc) is 2.08. The zero-order valence-electron chi connectivity index (χ0n) is 7.46. The third kappa shape index (κ3) is 60.5. The Kier molecular flexibility index (Phi) is 68.5. The minimum absolute atomic E-state index is 1.35. The summed E-state index contributed by atoms with van der Waals surface area (Å²) in [5.41, 5.74) is 0. The standard InChI is InChI=1S/C4H6N2.2C2H6/c1-3-5-6-4-2;2*1-2/h3-4H,1-2H2;2*1-2H3. The number of nitrogens with zero attached hydrogens (tertiary/aromatic N) is 2. The van der Waals surface area contributed by atoms with Gasteiger partial charge >= 0.3 is 0 Å². The van der Waals surface area contributed by atoms with Gasteiger partial charge in [0.1, 0.15) is 0 Å². The Morgan fingerprint density at radius 2 is 1.00 bits per heavy atom. The van der Waals surface area contributed by atoms with E-state index in [1.54, 1.807) is 0 Å². The fourth-order valence-corrected chi connectivity index (χ4v) is 0.0943. The Bertz CT molecular complexity index is 65.3. The van der Waals surface area contributed by atoms with Crippen LogP contribution in [0.2, 0.25) is 0 Å². The van der Waals surface area contributed by atoms with Crippen LogP contribution in [0.5, 0.6) is 0 Å². The first kappa shape index (κ1) is 16.0. The fourth-order valence-electron chi connectivity index (χ4n) is 0.0943.